The number of carboxylic acid groups (broad SMARTS) is 2. The van der Waals surface area contributed by atoms with E-state index in [4.69, 9.17) is 4.74 Å². The maximum atomic E-state index is 11.4. The number of hydrogen-bond donors (Lipinski definition) is 2. The quantitative estimate of drug-likeness (QED) is 0.397. The summed E-state index contributed by atoms with van der Waals surface area (Å²) in [5.41, 5.74) is 0. The average Bonchev–Trinajstić information content (AvgIpc) is 3.03. The van der Waals surface area contributed by atoms with Crippen LogP contribution in [-0.2, 0) is 19.1 Å². The Labute approximate surface area is 132 Å². The van der Waals surface area contributed by atoms with Gasteiger partial charge in [-0.25, -0.2) is 4.79 Å². The highest BCUT2D eigenvalue weighted by molar-refractivity contribution is 7.99. The number of thioether (sulfide) groups is 1. The molecule has 122 valence electrons. The van der Waals surface area contributed by atoms with E-state index in [2.05, 4.69) is 6.58 Å². The van der Waals surface area contributed by atoms with E-state index in [-0.39, 0.29) is 17.1 Å². The SMILES string of the molecule is C=CC(=O)OCCCSC1CC2CC1C(C(=O)O)C2C(=O)O. The molecule has 0 aromatic carbocycles. The Bertz CT molecular complexity index is 477. The van der Waals surface area contributed by atoms with Crippen molar-refractivity contribution in [1.82, 2.24) is 0 Å². The van der Waals surface area contributed by atoms with Gasteiger partial charge in [0.2, 0.25) is 0 Å². The lowest BCUT2D eigenvalue weighted by Crippen LogP contribution is -2.39. The third-order valence-electron chi connectivity index (χ3n) is 4.55. The van der Waals surface area contributed by atoms with Gasteiger partial charge in [-0.1, -0.05) is 6.58 Å². The Kier molecular flexibility index (Phi) is 5.50. The Morgan fingerprint density at radius 2 is 1.86 bits per heavy atom. The molecular weight excluding hydrogens is 308 g/mol. The fourth-order valence-electron chi connectivity index (χ4n) is 3.71. The minimum absolute atomic E-state index is 0.0281. The smallest absolute Gasteiger partial charge is 0.330 e. The van der Waals surface area contributed by atoms with E-state index in [0.717, 1.165) is 18.2 Å². The predicted octanol–water partition coefficient (Wildman–Crippen LogP) is 1.65. The molecule has 2 saturated carbocycles. The fraction of sp³-hybridized carbons (Fsp3) is 0.667. The second kappa shape index (κ2) is 7.17. The van der Waals surface area contributed by atoms with E-state index < -0.39 is 29.7 Å². The second-order valence-electron chi connectivity index (χ2n) is 5.76. The van der Waals surface area contributed by atoms with Crippen LogP contribution in [-0.4, -0.2) is 45.7 Å². The van der Waals surface area contributed by atoms with Crippen molar-refractivity contribution in [1.29, 1.82) is 0 Å². The van der Waals surface area contributed by atoms with Gasteiger partial charge >= 0.3 is 17.9 Å². The summed E-state index contributed by atoms with van der Waals surface area (Å²) in [7, 11) is 0. The van der Waals surface area contributed by atoms with E-state index >= 15 is 0 Å². The van der Waals surface area contributed by atoms with E-state index in [1.165, 1.54) is 0 Å². The molecule has 7 heteroatoms. The van der Waals surface area contributed by atoms with Gasteiger partial charge in [0.25, 0.3) is 0 Å². The number of carbonyl (C=O) groups is 3. The highest BCUT2D eigenvalue weighted by Gasteiger charge is 2.58. The summed E-state index contributed by atoms with van der Waals surface area (Å²) < 4.78 is 4.88. The van der Waals surface area contributed by atoms with Crippen LogP contribution >= 0.6 is 11.8 Å². The van der Waals surface area contributed by atoms with Gasteiger partial charge in [0, 0.05) is 11.3 Å². The summed E-state index contributed by atoms with van der Waals surface area (Å²) in [5, 5.41) is 18.8. The van der Waals surface area contributed by atoms with Gasteiger partial charge in [-0.2, -0.15) is 11.8 Å². The van der Waals surface area contributed by atoms with Crippen molar-refractivity contribution in [2.75, 3.05) is 12.4 Å². The molecule has 0 radical (unpaired) electrons. The number of hydrogen-bond acceptors (Lipinski definition) is 5. The van der Waals surface area contributed by atoms with Gasteiger partial charge in [-0.05, 0) is 36.9 Å². The monoisotopic (exact) mass is 328 g/mol. The summed E-state index contributed by atoms with van der Waals surface area (Å²) >= 11 is 1.67. The normalized spacial score (nSPS) is 32.6. The summed E-state index contributed by atoms with van der Waals surface area (Å²) in [4.78, 5) is 33.6. The van der Waals surface area contributed by atoms with E-state index in [1.54, 1.807) is 11.8 Å². The molecule has 22 heavy (non-hydrogen) atoms. The molecule has 0 amide bonds. The molecule has 2 N–H and O–H groups in total. The molecule has 0 aliphatic heterocycles. The molecule has 2 aliphatic carbocycles. The van der Waals surface area contributed by atoms with Crippen molar-refractivity contribution in [2.24, 2.45) is 23.7 Å². The summed E-state index contributed by atoms with van der Waals surface area (Å²) in [6, 6.07) is 0. The largest absolute Gasteiger partial charge is 0.481 e. The topological polar surface area (TPSA) is 101 Å². The van der Waals surface area contributed by atoms with Crippen molar-refractivity contribution in [2.45, 2.75) is 24.5 Å². The van der Waals surface area contributed by atoms with Crippen LogP contribution in [0.1, 0.15) is 19.3 Å². The first kappa shape index (κ1) is 16.9. The molecule has 6 nitrogen and oxygen atoms in total. The van der Waals surface area contributed by atoms with Gasteiger partial charge in [-0.3, -0.25) is 9.59 Å². The van der Waals surface area contributed by atoms with E-state index in [0.29, 0.717) is 19.4 Å². The average molecular weight is 328 g/mol. The molecule has 0 heterocycles. The molecular formula is C15H20O6S. The number of carbonyl (C=O) groups excluding carboxylic acids is 1. The summed E-state index contributed by atoms with van der Waals surface area (Å²) in [6.07, 6.45) is 3.27. The number of fused-ring (bicyclic) bond motifs is 2. The summed E-state index contributed by atoms with van der Waals surface area (Å²) in [5.74, 6) is -3.27. The Hall–Kier alpha value is -1.50. The van der Waals surface area contributed by atoms with Crippen LogP contribution in [0.4, 0.5) is 0 Å². The Morgan fingerprint density at radius 3 is 2.45 bits per heavy atom. The number of aliphatic carboxylic acids is 2. The van der Waals surface area contributed by atoms with E-state index in [9.17, 15) is 24.6 Å². The number of carboxylic acids is 2. The third-order valence-corrected chi connectivity index (χ3v) is 6.04. The molecule has 2 fully saturated rings. The molecule has 0 spiro atoms. The zero-order chi connectivity index (χ0) is 16.3. The van der Waals surface area contributed by atoms with Crippen LogP contribution in [0.3, 0.4) is 0 Å². The van der Waals surface area contributed by atoms with Crippen LogP contribution in [0.25, 0.3) is 0 Å². The van der Waals surface area contributed by atoms with Crippen molar-refractivity contribution >= 4 is 29.7 Å². The van der Waals surface area contributed by atoms with Crippen LogP contribution in [0.2, 0.25) is 0 Å². The Morgan fingerprint density at radius 1 is 1.18 bits per heavy atom. The van der Waals surface area contributed by atoms with Crippen molar-refractivity contribution in [3.63, 3.8) is 0 Å². The van der Waals surface area contributed by atoms with Gasteiger partial charge in [-0.15, -0.1) is 0 Å². The highest BCUT2D eigenvalue weighted by atomic mass is 32.2. The van der Waals surface area contributed by atoms with E-state index in [1.807, 2.05) is 0 Å². The molecule has 5 atom stereocenters. The minimum Gasteiger partial charge on any atom is -0.481 e. The van der Waals surface area contributed by atoms with Crippen molar-refractivity contribution < 1.29 is 29.3 Å². The van der Waals surface area contributed by atoms with Crippen molar-refractivity contribution in [3.05, 3.63) is 12.7 Å². The second-order valence-corrected chi connectivity index (χ2v) is 7.10. The van der Waals surface area contributed by atoms with Gasteiger partial charge < -0.3 is 14.9 Å². The lowest BCUT2D eigenvalue weighted by molar-refractivity contribution is -0.156. The molecule has 2 rings (SSSR count). The van der Waals surface area contributed by atoms with Gasteiger partial charge in [0.15, 0.2) is 0 Å². The molecule has 0 aromatic rings. The maximum Gasteiger partial charge on any atom is 0.330 e. The highest BCUT2D eigenvalue weighted by Crippen LogP contribution is 2.56. The first-order valence-corrected chi connectivity index (χ1v) is 8.37. The van der Waals surface area contributed by atoms with Gasteiger partial charge in [0.1, 0.15) is 0 Å². The molecule has 2 aliphatic rings. The standard InChI is InChI=1S/C15H20O6S/c1-2-11(16)21-4-3-5-22-10-7-8-6-9(10)13(15(19)20)12(8)14(17)18/h2,8-10,12-13H,1,3-7H2,(H,17,18)(H,19,20). The first-order valence-electron chi connectivity index (χ1n) is 7.32. The number of ether oxygens (including phenoxy) is 1. The van der Waals surface area contributed by atoms with Crippen LogP contribution < -0.4 is 0 Å². The lowest BCUT2D eigenvalue weighted by atomic mass is 9.79. The van der Waals surface area contributed by atoms with Crippen molar-refractivity contribution in [3.8, 4) is 0 Å². The Balaban J connectivity index is 1.81. The maximum absolute atomic E-state index is 11.4. The number of esters is 1. The molecule has 0 saturated heterocycles. The minimum atomic E-state index is -0.995. The predicted molar refractivity (Wildman–Crippen MR) is 80.5 cm³/mol. The zero-order valence-corrected chi connectivity index (χ0v) is 13.0. The molecule has 2 bridgehead atoms. The van der Waals surface area contributed by atoms with Crippen LogP contribution in [0.15, 0.2) is 12.7 Å². The molecule has 0 aromatic heterocycles. The number of rotatable bonds is 8. The fourth-order valence-corrected chi connectivity index (χ4v) is 5.21. The lowest BCUT2D eigenvalue weighted by Gasteiger charge is -2.30. The third kappa shape index (κ3) is 3.45. The van der Waals surface area contributed by atoms with Gasteiger partial charge in [0.05, 0.1) is 18.4 Å². The van der Waals surface area contributed by atoms with Crippen LogP contribution in [0.5, 0.6) is 0 Å². The van der Waals surface area contributed by atoms with Crippen LogP contribution in [0, 0.1) is 23.7 Å². The first-order chi connectivity index (χ1) is 10.5. The zero-order valence-electron chi connectivity index (χ0n) is 12.1. The molecule has 5 unspecified atom stereocenters. The summed E-state index contributed by atoms with van der Waals surface area (Å²) in [6.45, 7) is 3.63.